The van der Waals surface area contributed by atoms with Gasteiger partial charge in [0, 0.05) is 17.2 Å². The van der Waals surface area contributed by atoms with Crippen molar-refractivity contribution in [1.82, 2.24) is 0 Å². The number of methoxy groups -OCH3 is 2. The second kappa shape index (κ2) is 5.84. The molecule has 3 N–H and O–H groups in total. The van der Waals surface area contributed by atoms with Gasteiger partial charge in [-0.2, -0.15) is 0 Å². The predicted octanol–water partition coefficient (Wildman–Crippen LogP) is 3.63. The number of rotatable bonds is 4. The first kappa shape index (κ1) is 18.4. The van der Waals surface area contributed by atoms with Gasteiger partial charge in [-0.25, -0.2) is 4.79 Å². The minimum absolute atomic E-state index is 0.0586. The molecule has 0 radical (unpaired) electrons. The molecule has 1 saturated carbocycles. The van der Waals surface area contributed by atoms with E-state index in [9.17, 15) is 4.79 Å². The van der Waals surface area contributed by atoms with E-state index in [0.717, 1.165) is 12.0 Å². The van der Waals surface area contributed by atoms with Crippen LogP contribution in [0.15, 0.2) is 12.1 Å². The topological polar surface area (TPSA) is 82.8 Å². The van der Waals surface area contributed by atoms with Gasteiger partial charge in [0.1, 0.15) is 5.60 Å². The van der Waals surface area contributed by atoms with Crippen molar-refractivity contribution >= 4 is 11.8 Å². The number of benzene rings is 1. The Kier molecular flexibility index (Phi) is 4.48. The van der Waals surface area contributed by atoms with E-state index in [1.807, 2.05) is 26.8 Å². The Labute approximate surface area is 143 Å². The Morgan fingerprint density at radius 3 is 2.08 bits per heavy atom. The summed E-state index contributed by atoms with van der Waals surface area (Å²) in [6.07, 6.45) is 0.288. The molecule has 1 amide bonds. The van der Waals surface area contributed by atoms with Gasteiger partial charge >= 0.3 is 6.09 Å². The average molecular weight is 336 g/mol. The minimum atomic E-state index is -0.583. The monoisotopic (exact) mass is 336 g/mol. The van der Waals surface area contributed by atoms with Gasteiger partial charge in [0.15, 0.2) is 11.5 Å². The summed E-state index contributed by atoms with van der Waals surface area (Å²) >= 11 is 0. The van der Waals surface area contributed by atoms with Gasteiger partial charge in [0.2, 0.25) is 0 Å². The molecule has 1 aromatic carbocycles. The Morgan fingerprint density at radius 1 is 1.17 bits per heavy atom. The summed E-state index contributed by atoms with van der Waals surface area (Å²) in [4.78, 5) is 12.2. The van der Waals surface area contributed by atoms with Gasteiger partial charge < -0.3 is 19.9 Å². The van der Waals surface area contributed by atoms with E-state index in [1.165, 1.54) is 0 Å². The van der Waals surface area contributed by atoms with Crippen LogP contribution in [-0.2, 0) is 10.3 Å². The lowest BCUT2D eigenvalue weighted by atomic mass is 9.95. The molecule has 1 fully saturated rings. The maximum atomic E-state index is 12.2. The van der Waals surface area contributed by atoms with Crippen molar-refractivity contribution in [3.05, 3.63) is 17.7 Å². The molecule has 1 atom stereocenters. The van der Waals surface area contributed by atoms with E-state index in [2.05, 4.69) is 19.2 Å². The highest BCUT2D eigenvalue weighted by Crippen LogP contribution is 2.62. The quantitative estimate of drug-likeness (QED) is 0.877. The van der Waals surface area contributed by atoms with Crippen LogP contribution in [0.2, 0.25) is 0 Å². The standard InChI is InChI=1S/C18H28N2O4/c1-16(2,3)24-15(21)20-12-9-14(23-7)13(22-6)8-11(12)18(19)10-17(18,4)5/h8-9H,10,19H2,1-7H3,(H,20,21). The third-order valence-electron chi connectivity index (χ3n) is 4.44. The number of hydrogen-bond donors (Lipinski definition) is 2. The molecule has 0 saturated heterocycles. The van der Waals surface area contributed by atoms with Crippen LogP contribution in [0, 0.1) is 5.41 Å². The second-order valence-corrected chi connectivity index (χ2v) is 7.91. The molecule has 1 unspecified atom stereocenters. The summed E-state index contributed by atoms with van der Waals surface area (Å²) in [5.74, 6) is 1.10. The fraction of sp³-hybridized carbons (Fsp3) is 0.611. The predicted molar refractivity (Wildman–Crippen MR) is 93.7 cm³/mol. The molecule has 1 aliphatic rings. The number of hydrogen-bond acceptors (Lipinski definition) is 5. The van der Waals surface area contributed by atoms with E-state index < -0.39 is 17.2 Å². The zero-order valence-electron chi connectivity index (χ0n) is 15.6. The number of nitrogens with one attached hydrogen (secondary N) is 1. The number of anilines is 1. The largest absolute Gasteiger partial charge is 0.493 e. The van der Waals surface area contributed by atoms with E-state index in [1.54, 1.807) is 20.3 Å². The Balaban J connectivity index is 2.43. The fourth-order valence-electron chi connectivity index (χ4n) is 2.88. The molecule has 0 aromatic heterocycles. The second-order valence-electron chi connectivity index (χ2n) is 7.91. The van der Waals surface area contributed by atoms with Crippen LogP contribution in [-0.4, -0.2) is 25.9 Å². The van der Waals surface area contributed by atoms with E-state index >= 15 is 0 Å². The third-order valence-corrected chi connectivity index (χ3v) is 4.44. The number of ether oxygens (including phenoxy) is 3. The highest BCUT2D eigenvalue weighted by atomic mass is 16.6. The van der Waals surface area contributed by atoms with Gasteiger partial charge in [0.05, 0.1) is 19.9 Å². The van der Waals surface area contributed by atoms with Gasteiger partial charge in [0.25, 0.3) is 0 Å². The van der Waals surface area contributed by atoms with Crippen LogP contribution in [0.3, 0.4) is 0 Å². The molecule has 0 aliphatic heterocycles. The molecule has 0 spiro atoms. The highest BCUT2D eigenvalue weighted by molar-refractivity contribution is 5.87. The summed E-state index contributed by atoms with van der Waals surface area (Å²) in [7, 11) is 3.12. The normalized spacial score (nSPS) is 21.8. The van der Waals surface area contributed by atoms with Crippen molar-refractivity contribution in [3.63, 3.8) is 0 Å². The number of amides is 1. The first-order chi connectivity index (χ1) is 10.9. The first-order valence-corrected chi connectivity index (χ1v) is 7.99. The lowest BCUT2D eigenvalue weighted by molar-refractivity contribution is 0.0635. The first-order valence-electron chi connectivity index (χ1n) is 7.99. The molecular weight excluding hydrogens is 308 g/mol. The van der Waals surface area contributed by atoms with Crippen molar-refractivity contribution in [2.45, 2.75) is 52.2 Å². The van der Waals surface area contributed by atoms with Crippen molar-refractivity contribution in [3.8, 4) is 11.5 Å². The number of nitrogens with two attached hydrogens (primary N) is 1. The van der Waals surface area contributed by atoms with Crippen molar-refractivity contribution in [1.29, 1.82) is 0 Å². The van der Waals surface area contributed by atoms with Gasteiger partial charge in [-0.3, -0.25) is 5.32 Å². The molecule has 0 heterocycles. The Morgan fingerprint density at radius 2 is 1.67 bits per heavy atom. The summed E-state index contributed by atoms with van der Waals surface area (Å²) in [6.45, 7) is 9.64. The smallest absolute Gasteiger partial charge is 0.412 e. The van der Waals surface area contributed by atoms with Gasteiger partial charge in [-0.1, -0.05) is 13.8 Å². The molecule has 1 aliphatic carbocycles. The van der Waals surface area contributed by atoms with Crippen LogP contribution in [0.4, 0.5) is 10.5 Å². The number of carbonyl (C=O) groups is 1. The van der Waals surface area contributed by atoms with Crippen LogP contribution < -0.4 is 20.5 Å². The van der Waals surface area contributed by atoms with Crippen LogP contribution in [0.1, 0.15) is 46.6 Å². The Hall–Kier alpha value is -1.95. The maximum Gasteiger partial charge on any atom is 0.412 e. The highest BCUT2D eigenvalue weighted by Gasteiger charge is 2.60. The van der Waals surface area contributed by atoms with Crippen molar-refractivity contribution in [2.75, 3.05) is 19.5 Å². The zero-order chi connectivity index (χ0) is 18.3. The summed E-state index contributed by atoms with van der Waals surface area (Å²) in [5, 5.41) is 2.80. The SMILES string of the molecule is COc1cc(NC(=O)OC(C)(C)C)c(C2(N)CC2(C)C)cc1OC. The molecule has 134 valence electrons. The van der Waals surface area contributed by atoms with E-state index in [0.29, 0.717) is 17.2 Å². The van der Waals surface area contributed by atoms with Gasteiger partial charge in [-0.05, 0) is 38.7 Å². The minimum Gasteiger partial charge on any atom is -0.493 e. The van der Waals surface area contributed by atoms with Crippen LogP contribution in [0.5, 0.6) is 11.5 Å². The van der Waals surface area contributed by atoms with E-state index in [4.69, 9.17) is 19.9 Å². The van der Waals surface area contributed by atoms with Crippen molar-refractivity contribution < 1.29 is 19.0 Å². The van der Waals surface area contributed by atoms with Crippen LogP contribution in [0.25, 0.3) is 0 Å². The molecule has 0 bridgehead atoms. The molecule has 1 aromatic rings. The van der Waals surface area contributed by atoms with Crippen molar-refractivity contribution in [2.24, 2.45) is 11.1 Å². The van der Waals surface area contributed by atoms with E-state index in [-0.39, 0.29) is 5.41 Å². The lowest BCUT2D eigenvalue weighted by Crippen LogP contribution is -2.30. The van der Waals surface area contributed by atoms with Crippen LogP contribution >= 0.6 is 0 Å². The fourth-order valence-corrected chi connectivity index (χ4v) is 2.88. The third kappa shape index (κ3) is 3.43. The molecule has 6 nitrogen and oxygen atoms in total. The summed E-state index contributed by atoms with van der Waals surface area (Å²) in [5.41, 5.74) is 6.80. The lowest BCUT2D eigenvalue weighted by Gasteiger charge is -2.24. The number of carbonyl (C=O) groups excluding carboxylic acids is 1. The Bertz CT molecular complexity index is 649. The van der Waals surface area contributed by atoms with Gasteiger partial charge in [-0.15, -0.1) is 0 Å². The average Bonchev–Trinajstić information content (AvgIpc) is 2.95. The molecular formula is C18H28N2O4. The maximum absolute atomic E-state index is 12.2. The summed E-state index contributed by atoms with van der Waals surface area (Å²) in [6, 6.07) is 3.56. The summed E-state index contributed by atoms with van der Waals surface area (Å²) < 4.78 is 16.1. The zero-order valence-corrected chi connectivity index (χ0v) is 15.6. The molecule has 6 heteroatoms. The molecule has 2 rings (SSSR count). The molecule has 24 heavy (non-hydrogen) atoms.